The first-order valence-corrected chi connectivity index (χ1v) is 8.66. The molecule has 0 amide bonds. The Balaban J connectivity index is 1.92. The van der Waals surface area contributed by atoms with Crippen LogP contribution in [0.2, 0.25) is 10.2 Å². The van der Waals surface area contributed by atoms with Crippen molar-refractivity contribution in [3.8, 4) is 6.01 Å². The van der Waals surface area contributed by atoms with Crippen LogP contribution < -0.4 is 9.64 Å². The second kappa shape index (κ2) is 7.45. The molecule has 132 valence electrons. The average molecular weight is 382 g/mol. The zero-order valence-corrected chi connectivity index (χ0v) is 15.1. The molecule has 1 aromatic heterocycles. The highest BCUT2D eigenvalue weighted by Crippen LogP contribution is 2.40. The smallest absolute Gasteiger partial charge is 0.319 e. The number of aromatic nitrogens is 2. The van der Waals surface area contributed by atoms with Crippen molar-refractivity contribution in [3.63, 3.8) is 0 Å². The van der Waals surface area contributed by atoms with Crippen molar-refractivity contribution in [2.75, 3.05) is 18.1 Å². The Morgan fingerprint density at radius 3 is 2.92 bits per heavy atom. The van der Waals surface area contributed by atoms with Gasteiger partial charge in [-0.1, -0.05) is 36.2 Å². The minimum absolute atomic E-state index is 0.0193. The van der Waals surface area contributed by atoms with E-state index in [1.165, 1.54) is 5.56 Å². The number of rotatable bonds is 5. The Labute approximate surface area is 155 Å². The Morgan fingerprint density at radius 1 is 1.36 bits per heavy atom. The topological polar surface area (TPSA) is 75.6 Å². The number of carbonyl (C=O) groups is 1. The minimum Gasteiger partial charge on any atom is -0.481 e. The summed E-state index contributed by atoms with van der Waals surface area (Å²) in [5, 5.41) is 9.58. The summed E-state index contributed by atoms with van der Waals surface area (Å²) in [6, 6.07) is 7.54. The summed E-state index contributed by atoms with van der Waals surface area (Å²) in [5.74, 6) is 0.0729. The maximum atomic E-state index is 10.6. The lowest BCUT2D eigenvalue weighted by Gasteiger charge is -2.34. The van der Waals surface area contributed by atoms with E-state index in [4.69, 9.17) is 33.0 Å². The van der Waals surface area contributed by atoms with Gasteiger partial charge in [0.05, 0.1) is 6.42 Å². The molecule has 6 nitrogen and oxygen atoms in total. The average Bonchev–Trinajstić information content (AvgIpc) is 2.54. The molecule has 0 fully saturated rings. The minimum atomic E-state index is -0.948. The van der Waals surface area contributed by atoms with Gasteiger partial charge in [0.25, 0.3) is 0 Å². The van der Waals surface area contributed by atoms with E-state index in [-0.39, 0.29) is 24.2 Å². The highest BCUT2D eigenvalue weighted by atomic mass is 35.5. The highest BCUT2D eigenvalue weighted by Gasteiger charge is 2.25. The quantitative estimate of drug-likeness (QED) is 0.778. The molecule has 0 spiro atoms. The number of hydrogen-bond acceptors (Lipinski definition) is 5. The van der Waals surface area contributed by atoms with Gasteiger partial charge in [-0.05, 0) is 30.0 Å². The molecule has 2 aromatic rings. The summed E-state index contributed by atoms with van der Waals surface area (Å²) >= 11 is 12.3. The number of hydrogen-bond donors (Lipinski definition) is 1. The first-order chi connectivity index (χ1) is 11.9. The standard InChI is InChI=1S/C17H17Cl2N3O3/c1-10-4-6-22(13-8-11(18)2-3-12(10)13)15-9-14(19)20-17(21-15)25-7-5-16(23)24/h2-3,8-10H,4-7H2,1H3,(H,23,24). The third-order valence-electron chi connectivity index (χ3n) is 4.08. The third-order valence-corrected chi connectivity index (χ3v) is 4.51. The Hall–Kier alpha value is -2.05. The number of fused-ring (bicyclic) bond motifs is 1. The van der Waals surface area contributed by atoms with Crippen LogP contribution in [-0.2, 0) is 4.79 Å². The molecule has 0 aliphatic carbocycles. The van der Waals surface area contributed by atoms with Crippen LogP contribution in [0.5, 0.6) is 6.01 Å². The number of benzene rings is 1. The van der Waals surface area contributed by atoms with Gasteiger partial charge < -0.3 is 14.7 Å². The second-order valence-electron chi connectivity index (χ2n) is 5.87. The van der Waals surface area contributed by atoms with Gasteiger partial charge in [0.1, 0.15) is 17.6 Å². The van der Waals surface area contributed by atoms with Gasteiger partial charge in [-0.15, -0.1) is 0 Å². The molecule has 1 aromatic carbocycles. The van der Waals surface area contributed by atoms with Crippen molar-refractivity contribution >= 4 is 40.7 Å². The lowest BCUT2D eigenvalue weighted by Crippen LogP contribution is -2.27. The van der Waals surface area contributed by atoms with Crippen molar-refractivity contribution in [1.29, 1.82) is 0 Å². The van der Waals surface area contributed by atoms with Crippen LogP contribution in [0.4, 0.5) is 11.5 Å². The molecule has 2 heterocycles. The highest BCUT2D eigenvalue weighted by molar-refractivity contribution is 6.31. The number of aliphatic carboxylic acids is 1. The second-order valence-corrected chi connectivity index (χ2v) is 6.69. The summed E-state index contributed by atoms with van der Waals surface area (Å²) < 4.78 is 5.32. The van der Waals surface area contributed by atoms with E-state index in [1.54, 1.807) is 6.07 Å². The largest absolute Gasteiger partial charge is 0.481 e. The molecular formula is C17H17Cl2N3O3. The summed E-state index contributed by atoms with van der Waals surface area (Å²) in [5.41, 5.74) is 2.18. The molecule has 0 saturated carbocycles. The Morgan fingerprint density at radius 2 is 2.16 bits per heavy atom. The van der Waals surface area contributed by atoms with E-state index in [0.717, 1.165) is 18.7 Å². The molecule has 1 aliphatic heterocycles. The molecule has 0 radical (unpaired) electrons. The predicted octanol–water partition coefficient (Wildman–Crippen LogP) is 4.28. The molecule has 1 atom stereocenters. The van der Waals surface area contributed by atoms with Gasteiger partial charge in [0.2, 0.25) is 0 Å². The van der Waals surface area contributed by atoms with Crippen LogP contribution in [-0.4, -0.2) is 34.2 Å². The fourth-order valence-corrected chi connectivity index (χ4v) is 3.16. The number of carboxylic acids is 1. The predicted molar refractivity (Wildman–Crippen MR) is 96.3 cm³/mol. The van der Waals surface area contributed by atoms with Crippen LogP contribution in [0.3, 0.4) is 0 Å². The number of halogens is 2. The van der Waals surface area contributed by atoms with Crippen LogP contribution in [0.15, 0.2) is 24.3 Å². The van der Waals surface area contributed by atoms with Crippen LogP contribution in [0.1, 0.15) is 31.2 Å². The molecular weight excluding hydrogens is 365 g/mol. The van der Waals surface area contributed by atoms with Crippen molar-refractivity contribution in [2.24, 2.45) is 0 Å². The van der Waals surface area contributed by atoms with Crippen molar-refractivity contribution in [2.45, 2.75) is 25.7 Å². The van der Waals surface area contributed by atoms with E-state index in [1.807, 2.05) is 23.1 Å². The molecule has 1 N–H and O–H groups in total. The molecule has 3 rings (SSSR count). The van der Waals surface area contributed by atoms with Crippen LogP contribution in [0, 0.1) is 0 Å². The molecule has 25 heavy (non-hydrogen) atoms. The fraction of sp³-hybridized carbons (Fsp3) is 0.353. The van der Waals surface area contributed by atoms with Gasteiger partial charge in [0, 0.05) is 23.3 Å². The lowest BCUT2D eigenvalue weighted by molar-refractivity contribution is -0.137. The van der Waals surface area contributed by atoms with E-state index in [0.29, 0.717) is 16.8 Å². The van der Waals surface area contributed by atoms with E-state index < -0.39 is 5.97 Å². The van der Waals surface area contributed by atoms with Gasteiger partial charge in [-0.2, -0.15) is 9.97 Å². The molecule has 8 heteroatoms. The van der Waals surface area contributed by atoms with E-state index >= 15 is 0 Å². The van der Waals surface area contributed by atoms with Crippen molar-refractivity contribution < 1.29 is 14.6 Å². The first kappa shape index (κ1) is 17.8. The van der Waals surface area contributed by atoms with Crippen LogP contribution >= 0.6 is 23.2 Å². The van der Waals surface area contributed by atoms with Crippen LogP contribution in [0.25, 0.3) is 0 Å². The third kappa shape index (κ3) is 4.14. The lowest BCUT2D eigenvalue weighted by atomic mass is 9.91. The summed E-state index contributed by atoms with van der Waals surface area (Å²) in [6.07, 6.45) is 0.830. The molecule has 0 bridgehead atoms. The van der Waals surface area contributed by atoms with E-state index in [9.17, 15) is 4.79 Å². The zero-order chi connectivity index (χ0) is 18.0. The molecule has 0 saturated heterocycles. The summed E-state index contributed by atoms with van der Waals surface area (Å²) in [7, 11) is 0. The Kier molecular flexibility index (Phi) is 5.30. The van der Waals surface area contributed by atoms with Gasteiger partial charge in [-0.25, -0.2) is 0 Å². The number of anilines is 2. The SMILES string of the molecule is CC1CCN(c2cc(Cl)nc(OCCC(=O)O)n2)c2cc(Cl)ccc21. The summed E-state index contributed by atoms with van der Waals surface area (Å²) in [6.45, 7) is 2.92. The van der Waals surface area contributed by atoms with Gasteiger partial charge in [-0.3, -0.25) is 4.79 Å². The van der Waals surface area contributed by atoms with Crippen molar-refractivity contribution in [3.05, 3.63) is 40.0 Å². The normalized spacial score (nSPS) is 16.4. The number of nitrogens with zero attached hydrogens (tertiary/aromatic N) is 3. The monoisotopic (exact) mass is 381 g/mol. The molecule has 1 aliphatic rings. The first-order valence-electron chi connectivity index (χ1n) is 7.90. The van der Waals surface area contributed by atoms with Gasteiger partial charge >= 0.3 is 12.0 Å². The van der Waals surface area contributed by atoms with E-state index in [2.05, 4.69) is 16.9 Å². The molecule has 1 unspecified atom stereocenters. The van der Waals surface area contributed by atoms with Crippen molar-refractivity contribution in [1.82, 2.24) is 9.97 Å². The maximum absolute atomic E-state index is 10.6. The maximum Gasteiger partial charge on any atom is 0.319 e. The number of ether oxygens (including phenoxy) is 1. The number of carboxylic acid groups (broad SMARTS) is 1. The Bertz CT molecular complexity index is 801. The summed E-state index contributed by atoms with van der Waals surface area (Å²) in [4.78, 5) is 21.0. The zero-order valence-electron chi connectivity index (χ0n) is 13.6. The fourth-order valence-electron chi connectivity index (χ4n) is 2.82. The van der Waals surface area contributed by atoms with Gasteiger partial charge in [0.15, 0.2) is 0 Å².